The molecule has 0 fully saturated rings. The van der Waals surface area contributed by atoms with E-state index in [1.165, 1.54) is 11.8 Å². The van der Waals surface area contributed by atoms with Crippen LogP contribution in [-0.2, 0) is 4.79 Å². The standard InChI is InChI=1S/C11H13ClOS/c1-3-10(13)8(2)14-11-7-5-4-6-9(11)12/h4-8H,3H2,1-2H3. The number of ketones is 1. The number of halogens is 1. The summed E-state index contributed by atoms with van der Waals surface area (Å²) in [6.45, 7) is 3.80. The highest BCUT2D eigenvalue weighted by Gasteiger charge is 2.13. The van der Waals surface area contributed by atoms with Gasteiger partial charge in [-0.05, 0) is 19.1 Å². The molecular weight excluding hydrogens is 216 g/mol. The topological polar surface area (TPSA) is 17.1 Å². The van der Waals surface area contributed by atoms with Crippen LogP contribution in [0.5, 0.6) is 0 Å². The van der Waals surface area contributed by atoms with Gasteiger partial charge in [0.2, 0.25) is 0 Å². The zero-order valence-electron chi connectivity index (χ0n) is 8.29. The van der Waals surface area contributed by atoms with Crippen LogP contribution in [0.3, 0.4) is 0 Å². The van der Waals surface area contributed by atoms with E-state index in [-0.39, 0.29) is 11.0 Å². The Morgan fingerprint density at radius 3 is 2.71 bits per heavy atom. The summed E-state index contributed by atoms with van der Waals surface area (Å²) in [5, 5.41) is 0.702. The summed E-state index contributed by atoms with van der Waals surface area (Å²) in [6, 6.07) is 7.59. The highest BCUT2D eigenvalue weighted by molar-refractivity contribution is 8.00. The summed E-state index contributed by atoms with van der Waals surface area (Å²) in [7, 11) is 0. The molecule has 14 heavy (non-hydrogen) atoms. The third-order valence-corrected chi connectivity index (χ3v) is 3.61. The molecule has 76 valence electrons. The maximum atomic E-state index is 11.4. The maximum Gasteiger partial charge on any atom is 0.145 e. The van der Waals surface area contributed by atoms with E-state index in [0.29, 0.717) is 11.4 Å². The van der Waals surface area contributed by atoms with Crippen molar-refractivity contribution in [2.45, 2.75) is 30.4 Å². The Kier molecular flexibility index (Phi) is 4.49. The number of hydrogen-bond donors (Lipinski definition) is 0. The van der Waals surface area contributed by atoms with Gasteiger partial charge in [0.15, 0.2) is 0 Å². The molecule has 0 aliphatic carbocycles. The van der Waals surface area contributed by atoms with E-state index in [1.807, 2.05) is 38.1 Å². The fraction of sp³-hybridized carbons (Fsp3) is 0.364. The highest BCUT2D eigenvalue weighted by Crippen LogP contribution is 2.30. The Morgan fingerprint density at radius 1 is 1.50 bits per heavy atom. The zero-order valence-corrected chi connectivity index (χ0v) is 9.86. The van der Waals surface area contributed by atoms with Gasteiger partial charge in [0.25, 0.3) is 0 Å². The molecule has 1 rings (SSSR count). The minimum Gasteiger partial charge on any atom is -0.298 e. The highest BCUT2D eigenvalue weighted by atomic mass is 35.5. The Bertz CT molecular complexity index is 325. The first-order chi connectivity index (χ1) is 6.65. The number of hydrogen-bond acceptors (Lipinski definition) is 2. The quantitative estimate of drug-likeness (QED) is 0.730. The van der Waals surface area contributed by atoms with Crippen LogP contribution in [-0.4, -0.2) is 11.0 Å². The van der Waals surface area contributed by atoms with E-state index in [0.717, 1.165) is 4.90 Å². The smallest absolute Gasteiger partial charge is 0.145 e. The molecule has 0 N–H and O–H groups in total. The van der Waals surface area contributed by atoms with Gasteiger partial charge in [-0.2, -0.15) is 0 Å². The van der Waals surface area contributed by atoms with Gasteiger partial charge in [-0.25, -0.2) is 0 Å². The van der Waals surface area contributed by atoms with Gasteiger partial charge in [0.05, 0.1) is 10.3 Å². The van der Waals surface area contributed by atoms with Crippen molar-refractivity contribution in [1.29, 1.82) is 0 Å². The van der Waals surface area contributed by atoms with Crippen molar-refractivity contribution in [2.24, 2.45) is 0 Å². The fourth-order valence-corrected chi connectivity index (χ4v) is 2.37. The van der Waals surface area contributed by atoms with Crippen LogP contribution in [0.2, 0.25) is 5.02 Å². The second-order valence-electron chi connectivity index (χ2n) is 3.01. The van der Waals surface area contributed by atoms with E-state index in [4.69, 9.17) is 11.6 Å². The molecular formula is C11H13ClOS. The Labute approximate surface area is 93.8 Å². The second kappa shape index (κ2) is 5.42. The summed E-state index contributed by atoms with van der Waals surface area (Å²) >= 11 is 7.51. The maximum absolute atomic E-state index is 11.4. The predicted octanol–water partition coefficient (Wildman–Crippen LogP) is 3.80. The fourth-order valence-electron chi connectivity index (χ4n) is 1.08. The lowest BCUT2D eigenvalue weighted by molar-refractivity contribution is -0.117. The van der Waals surface area contributed by atoms with Gasteiger partial charge in [-0.1, -0.05) is 30.7 Å². The SMILES string of the molecule is CCC(=O)C(C)Sc1ccccc1Cl. The predicted molar refractivity (Wildman–Crippen MR) is 62.1 cm³/mol. The molecule has 0 amide bonds. The molecule has 0 heterocycles. The summed E-state index contributed by atoms with van der Waals surface area (Å²) < 4.78 is 0. The molecule has 0 aliphatic heterocycles. The van der Waals surface area contributed by atoms with Gasteiger partial charge >= 0.3 is 0 Å². The molecule has 0 aliphatic rings. The summed E-state index contributed by atoms with van der Waals surface area (Å²) in [5.41, 5.74) is 0. The van der Waals surface area contributed by atoms with Crippen molar-refractivity contribution >= 4 is 29.1 Å². The van der Waals surface area contributed by atoms with Crippen LogP contribution in [0, 0.1) is 0 Å². The monoisotopic (exact) mass is 228 g/mol. The minimum atomic E-state index is -0.0140. The molecule has 0 saturated heterocycles. The largest absolute Gasteiger partial charge is 0.298 e. The van der Waals surface area contributed by atoms with Crippen molar-refractivity contribution in [3.63, 3.8) is 0 Å². The van der Waals surface area contributed by atoms with Crippen molar-refractivity contribution in [2.75, 3.05) is 0 Å². The molecule has 1 atom stereocenters. The number of benzene rings is 1. The van der Waals surface area contributed by atoms with Gasteiger partial charge < -0.3 is 0 Å². The van der Waals surface area contributed by atoms with Crippen molar-refractivity contribution < 1.29 is 4.79 Å². The first-order valence-corrected chi connectivity index (χ1v) is 5.84. The molecule has 0 spiro atoms. The average molecular weight is 229 g/mol. The molecule has 1 aromatic carbocycles. The summed E-state index contributed by atoms with van der Waals surface area (Å²) in [6.07, 6.45) is 0.582. The van der Waals surface area contributed by atoms with Crippen LogP contribution in [0.4, 0.5) is 0 Å². The van der Waals surface area contributed by atoms with Crippen LogP contribution in [0.25, 0.3) is 0 Å². The van der Waals surface area contributed by atoms with Gasteiger partial charge in [0.1, 0.15) is 5.78 Å². The first kappa shape index (κ1) is 11.6. The first-order valence-electron chi connectivity index (χ1n) is 4.59. The number of rotatable bonds is 4. The van der Waals surface area contributed by atoms with Crippen LogP contribution < -0.4 is 0 Å². The van der Waals surface area contributed by atoms with Gasteiger partial charge in [-0.15, -0.1) is 11.8 Å². The number of carbonyl (C=O) groups is 1. The number of thioether (sulfide) groups is 1. The number of carbonyl (C=O) groups excluding carboxylic acids is 1. The molecule has 3 heteroatoms. The third kappa shape index (κ3) is 3.03. The van der Waals surface area contributed by atoms with Crippen molar-refractivity contribution in [1.82, 2.24) is 0 Å². The Balaban J connectivity index is 2.69. The van der Waals surface area contributed by atoms with Crippen LogP contribution in [0.15, 0.2) is 29.2 Å². The molecule has 1 unspecified atom stereocenters. The van der Waals surface area contributed by atoms with E-state index in [2.05, 4.69) is 0 Å². The summed E-state index contributed by atoms with van der Waals surface area (Å²) in [4.78, 5) is 12.3. The molecule has 1 nitrogen and oxygen atoms in total. The summed E-state index contributed by atoms with van der Waals surface area (Å²) in [5.74, 6) is 0.259. The van der Waals surface area contributed by atoms with Gasteiger partial charge in [0, 0.05) is 11.3 Å². The van der Waals surface area contributed by atoms with Crippen molar-refractivity contribution in [3.8, 4) is 0 Å². The molecule has 1 aromatic rings. The van der Waals surface area contributed by atoms with E-state index < -0.39 is 0 Å². The van der Waals surface area contributed by atoms with Crippen molar-refractivity contribution in [3.05, 3.63) is 29.3 Å². The van der Waals surface area contributed by atoms with Crippen LogP contribution in [0.1, 0.15) is 20.3 Å². The lowest BCUT2D eigenvalue weighted by Gasteiger charge is -2.09. The van der Waals surface area contributed by atoms with Gasteiger partial charge in [-0.3, -0.25) is 4.79 Å². The zero-order chi connectivity index (χ0) is 10.6. The molecule has 0 radical (unpaired) electrons. The average Bonchev–Trinajstić information content (AvgIpc) is 2.20. The second-order valence-corrected chi connectivity index (χ2v) is 4.80. The minimum absolute atomic E-state index is 0.0140. The third-order valence-electron chi connectivity index (χ3n) is 1.94. The number of Topliss-reactive ketones (excluding diaryl/α,β-unsaturated/α-hetero) is 1. The lowest BCUT2D eigenvalue weighted by atomic mass is 10.2. The van der Waals surface area contributed by atoms with E-state index in [1.54, 1.807) is 0 Å². The molecule has 0 aromatic heterocycles. The molecule has 0 saturated carbocycles. The normalized spacial score (nSPS) is 12.5. The lowest BCUT2D eigenvalue weighted by Crippen LogP contribution is -2.11. The Morgan fingerprint density at radius 2 is 2.14 bits per heavy atom. The van der Waals surface area contributed by atoms with E-state index in [9.17, 15) is 4.79 Å². The Hall–Kier alpha value is -0.470. The van der Waals surface area contributed by atoms with E-state index >= 15 is 0 Å². The molecule has 0 bridgehead atoms. The van der Waals surface area contributed by atoms with Crippen LogP contribution >= 0.6 is 23.4 Å².